The maximum absolute atomic E-state index is 12.2. The zero-order valence-corrected chi connectivity index (χ0v) is 21.4. The summed E-state index contributed by atoms with van der Waals surface area (Å²) >= 11 is 0. The Balaban J connectivity index is 1.74. The number of aliphatic hydroxyl groups is 4. The second-order valence-corrected chi connectivity index (χ2v) is 9.10. The molecule has 0 unspecified atom stereocenters. The number of aromatic hydroxyl groups is 1. The zero-order chi connectivity index (χ0) is 27.7. The fourth-order valence-electron chi connectivity index (χ4n) is 4.71. The molecule has 0 bridgehead atoms. The third-order valence-corrected chi connectivity index (χ3v) is 6.84. The van der Waals surface area contributed by atoms with E-state index in [1.54, 1.807) is 24.3 Å². The molecule has 0 amide bonds. The Morgan fingerprint density at radius 3 is 2.11 bits per heavy atom. The lowest BCUT2D eigenvalue weighted by Gasteiger charge is -2.40. The average molecular weight is 537 g/mol. The molecule has 1 saturated heterocycles. The first-order valence-electron chi connectivity index (χ1n) is 11.9. The molecule has 0 radical (unpaired) electrons. The first kappa shape index (κ1) is 27.9. The predicted molar refractivity (Wildman–Crippen MR) is 130 cm³/mol. The van der Waals surface area contributed by atoms with Gasteiger partial charge in [0.15, 0.2) is 35.1 Å². The second-order valence-electron chi connectivity index (χ2n) is 9.10. The molecule has 12 nitrogen and oxygen atoms in total. The highest BCUT2D eigenvalue weighted by Crippen LogP contribution is 2.53. The van der Waals surface area contributed by atoms with Crippen molar-refractivity contribution >= 4 is 5.78 Å². The molecule has 2 aliphatic heterocycles. The van der Waals surface area contributed by atoms with Crippen LogP contribution in [0.25, 0.3) is 0 Å². The molecule has 7 atom stereocenters. The fourth-order valence-corrected chi connectivity index (χ4v) is 4.71. The average Bonchev–Trinajstić information content (AvgIpc) is 3.29. The Labute approximate surface area is 218 Å². The number of aliphatic hydroxyl groups excluding tert-OH is 4. The fraction of sp³-hybridized carbons (Fsp3) is 0.500. The maximum Gasteiger partial charge on any atom is 0.200 e. The molecule has 4 rings (SSSR count). The number of phenols is 1. The van der Waals surface area contributed by atoms with E-state index >= 15 is 0 Å². The van der Waals surface area contributed by atoms with Gasteiger partial charge in [0.1, 0.15) is 30.5 Å². The quantitative estimate of drug-likeness (QED) is 0.284. The van der Waals surface area contributed by atoms with Crippen LogP contribution in [0.2, 0.25) is 0 Å². The lowest BCUT2D eigenvalue weighted by molar-refractivity contribution is -0.302. The number of methoxy groups -OCH3 is 3. The highest BCUT2D eigenvalue weighted by atomic mass is 16.7. The van der Waals surface area contributed by atoms with Gasteiger partial charge in [0.2, 0.25) is 5.75 Å². The molecule has 38 heavy (non-hydrogen) atoms. The maximum atomic E-state index is 12.2. The summed E-state index contributed by atoms with van der Waals surface area (Å²) in [4.78, 5) is 12.2. The van der Waals surface area contributed by atoms with Gasteiger partial charge in [-0.25, -0.2) is 0 Å². The molecule has 0 aliphatic carbocycles. The molecule has 1 fully saturated rings. The standard InChI is InChI=1S/C26H32O12/c1-11(28)12-5-14-15(10-36-26-23(32)22(31)21(30)19(9-27)37-26)24(38-25(14)18(6-12)35-4)13-7-16(33-2)20(29)17(8-13)34-3/h5-8,15,19,21-24,26-27,29-32H,9-10H2,1-4H3/t15-,19-,21-,22+,23-,24+,26-/m1/s1. The van der Waals surface area contributed by atoms with Crippen LogP contribution in [0.3, 0.4) is 0 Å². The summed E-state index contributed by atoms with van der Waals surface area (Å²) in [5.74, 6) is -0.0186. The summed E-state index contributed by atoms with van der Waals surface area (Å²) in [5.41, 5.74) is 1.50. The van der Waals surface area contributed by atoms with E-state index in [2.05, 4.69) is 0 Å². The van der Waals surface area contributed by atoms with Crippen molar-refractivity contribution < 1.29 is 58.7 Å². The number of carbonyl (C=O) groups excluding carboxylic acids is 1. The number of hydrogen-bond acceptors (Lipinski definition) is 12. The minimum atomic E-state index is -1.61. The Hall–Kier alpha value is -3.13. The van der Waals surface area contributed by atoms with Crippen LogP contribution in [0.5, 0.6) is 28.7 Å². The topological polar surface area (TPSA) is 174 Å². The van der Waals surface area contributed by atoms with E-state index in [4.69, 9.17) is 28.4 Å². The van der Waals surface area contributed by atoms with Crippen LogP contribution in [0.15, 0.2) is 24.3 Å². The van der Waals surface area contributed by atoms with Gasteiger partial charge in [-0.3, -0.25) is 4.79 Å². The third kappa shape index (κ3) is 4.98. The van der Waals surface area contributed by atoms with E-state index in [1.165, 1.54) is 28.3 Å². The van der Waals surface area contributed by atoms with Crippen LogP contribution < -0.4 is 18.9 Å². The molecule has 0 spiro atoms. The van der Waals surface area contributed by atoms with Crippen LogP contribution in [-0.2, 0) is 9.47 Å². The number of ether oxygens (including phenoxy) is 6. The van der Waals surface area contributed by atoms with Gasteiger partial charge in [0, 0.05) is 16.7 Å². The first-order chi connectivity index (χ1) is 18.1. The summed E-state index contributed by atoms with van der Waals surface area (Å²) in [6.07, 6.45) is -8.01. The van der Waals surface area contributed by atoms with Gasteiger partial charge < -0.3 is 54.0 Å². The largest absolute Gasteiger partial charge is 0.502 e. The van der Waals surface area contributed by atoms with Crippen molar-refractivity contribution in [3.05, 3.63) is 41.0 Å². The van der Waals surface area contributed by atoms with E-state index in [0.29, 0.717) is 28.2 Å². The van der Waals surface area contributed by atoms with Crippen LogP contribution in [-0.4, -0.2) is 96.6 Å². The van der Waals surface area contributed by atoms with Crippen molar-refractivity contribution in [2.24, 2.45) is 0 Å². The summed E-state index contributed by atoms with van der Waals surface area (Å²) in [5, 5.41) is 50.6. The highest BCUT2D eigenvalue weighted by molar-refractivity contribution is 5.95. The van der Waals surface area contributed by atoms with Crippen molar-refractivity contribution in [3.63, 3.8) is 0 Å². The smallest absolute Gasteiger partial charge is 0.200 e. The number of Topliss-reactive ketones (excluding diaryl/α,β-unsaturated/α-hetero) is 1. The molecule has 2 aliphatic rings. The number of rotatable bonds is 9. The minimum absolute atomic E-state index is 0.142. The van der Waals surface area contributed by atoms with Gasteiger partial charge >= 0.3 is 0 Å². The van der Waals surface area contributed by atoms with Gasteiger partial charge in [-0.2, -0.15) is 0 Å². The molecular formula is C26H32O12. The molecule has 208 valence electrons. The number of fused-ring (bicyclic) bond motifs is 1. The highest BCUT2D eigenvalue weighted by Gasteiger charge is 2.46. The SMILES string of the molecule is COc1cc([C@@H]2Oc3c(OC)cc(C(C)=O)cc3[C@H]2CO[C@@H]2O[C@H](CO)[C@@H](O)[C@H](O)[C@H]2O)cc(OC)c1O. The molecule has 0 aromatic heterocycles. The monoisotopic (exact) mass is 536 g/mol. The lowest BCUT2D eigenvalue weighted by atomic mass is 9.89. The summed E-state index contributed by atoms with van der Waals surface area (Å²) in [7, 11) is 4.23. The summed E-state index contributed by atoms with van der Waals surface area (Å²) < 4.78 is 33.8. The van der Waals surface area contributed by atoms with Crippen molar-refractivity contribution in [1.82, 2.24) is 0 Å². The summed E-state index contributed by atoms with van der Waals surface area (Å²) in [6, 6.07) is 6.38. The molecule has 2 aromatic carbocycles. The third-order valence-electron chi connectivity index (χ3n) is 6.84. The van der Waals surface area contributed by atoms with Crippen molar-refractivity contribution in [3.8, 4) is 28.7 Å². The van der Waals surface area contributed by atoms with E-state index in [1.807, 2.05) is 0 Å². The lowest BCUT2D eigenvalue weighted by Crippen LogP contribution is -2.59. The number of phenolic OH excluding ortho intramolecular Hbond substituents is 1. The molecule has 2 aromatic rings. The molecular weight excluding hydrogens is 504 g/mol. The van der Waals surface area contributed by atoms with Gasteiger partial charge in [0.05, 0.1) is 40.5 Å². The van der Waals surface area contributed by atoms with E-state index < -0.39 is 49.3 Å². The van der Waals surface area contributed by atoms with Crippen LogP contribution in [0.4, 0.5) is 0 Å². The van der Waals surface area contributed by atoms with Crippen molar-refractivity contribution in [1.29, 1.82) is 0 Å². The van der Waals surface area contributed by atoms with Crippen molar-refractivity contribution in [2.45, 2.75) is 49.7 Å². The van der Waals surface area contributed by atoms with Gasteiger partial charge in [-0.05, 0) is 31.2 Å². The number of carbonyl (C=O) groups is 1. The number of benzene rings is 2. The van der Waals surface area contributed by atoms with Gasteiger partial charge in [-0.1, -0.05) is 0 Å². The predicted octanol–water partition coefficient (Wildman–Crippen LogP) is 0.654. The van der Waals surface area contributed by atoms with E-state index in [0.717, 1.165) is 0 Å². The zero-order valence-electron chi connectivity index (χ0n) is 21.4. The Bertz CT molecular complexity index is 1140. The van der Waals surface area contributed by atoms with Crippen LogP contribution in [0, 0.1) is 0 Å². The Morgan fingerprint density at radius 1 is 0.921 bits per heavy atom. The van der Waals surface area contributed by atoms with Crippen molar-refractivity contribution in [2.75, 3.05) is 34.5 Å². The molecule has 0 saturated carbocycles. The molecule has 5 N–H and O–H groups in total. The van der Waals surface area contributed by atoms with Gasteiger partial charge in [0.25, 0.3) is 0 Å². The van der Waals surface area contributed by atoms with E-state index in [-0.39, 0.29) is 29.6 Å². The summed E-state index contributed by atoms with van der Waals surface area (Å²) in [6.45, 7) is 0.676. The van der Waals surface area contributed by atoms with Crippen LogP contribution in [0.1, 0.15) is 40.4 Å². The first-order valence-corrected chi connectivity index (χ1v) is 11.9. The molecule has 2 heterocycles. The Morgan fingerprint density at radius 2 is 1.55 bits per heavy atom. The minimum Gasteiger partial charge on any atom is -0.502 e. The van der Waals surface area contributed by atoms with Crippen LogP contribution >= 0.6 is 0 Å². The van der Waals surface area contributed by atoms with E-state index in [9.17, 15) is 30.3 Å². The number of ketones is 1. The normalized spacial score (nSPS) is 28.4. The van der Waals surface area contributed by atoms with Gasteiger partial charge in [-0.15, -0.1) is 0 Å². The number of hydrogen-bond donors (Lipinski definition) is 5. The second kappa shape index (κ2) is 11.3. The Kier molecular flexibility index (Phi) is 8.31. The molecule has 12 heteroatoms.